The van der Waals surface area contributed by atoms with Gasteiger partial charge in [0, 0.05) is 18.8 Å². The lowest BCUT2D eigenvalue weighted by molar-refractivity contribution is 0.232. The predicted octanol–water partition coefficient (Wildman–Crippen LogP) is 2.46. The van der Waals surface area contributed by atoms with Gasteiger partial charge in [-0.25, -0.2) is 9.78 Å². The maximum atomic E-state index is 11.6. The number of nitrogens with zero attached hydrogens (tertiary/aromatic N) is 1. The van der Waals surface area contributed by atoms with E-state index >= 15 is 0 Å². The molecule has 0 unspecified atom stereocenters. The Bertz CT molecular complexity index is 550. The number of ether oxygens (including phenoxy) is 1. The van der Waals surface area contributed by atoms with Crippen molar-refractivity contribution in [2.45, 2.75) is 33.0 Å². The SMILES string of the molecule is CC(C)Oc1ccc(CNC(=O)NCc2ccco2)cn1. The molecule has 2 aromatic heterocycles. The minimum absolute atomic E-state index is 0.0915. The van der Waals surface area contributed by atoms with Crippen LogP contribution < -0.4 is 15.4 Å². The molecule has 0 saturated heterocycles. The Balaban J connectivity index is 1.73. The maximum Gasteiger partial charge on any atom is 0.315 e. The van der Waals surface area contributed by atoms with Crippen molar-refractivity contribution in [3.05, 3.63) is 48.0 Å². The smallest absolute Gasteiger partial charge is 0.315 e. The van der Waals surface area contributed by atoms with Crippen molar-refractivity contribution in [2.75, 3.05) is 0 Å². The van der Waals surface area contributed by atoms with Gasteiger partial charge in [-0.15, -0.1) is 0 Å². The molecule has 112 valence electrons. The summed E-state index contributed by atoms with van der Waals surface area (Å²) in [6.45, 7) is 4.65. The highest BCUT2D eigenvalue weighted by Gasteiger charge is 2.03. The number of aromatic nitrogens is 1. The minimum Gasteiger partial charge on any atom is -0.475 e. The second-order valence-electron chi connectivity index (χ2n) is 4.79. The first-order chi connectivity index (χ1) is 10.1. The second kappa shape index (κ2) is 7.33. The molecule has 0 fully saturated rings. The maximum absolute atomic E-state index is 11.6. The average Bonchev–Trinajstić information content (AvgIpc) is 2.97. The molecule has 0 aliphatic rings. The number of rotatable bonds is 6. The lowest BCUT2D eigenvalue weighted by Crippen LogP contribution is -2.34. The van der Waals surface area contributed by atoms with Crippen molar-refractivity contribution in [3.8, 4) is 5.88 Å². The number of nitrogens with one attached hydrogen (secondary N) is 2. The average molecular weight is 289 g/mol. The van der Waals surface area contributed by atoms with Crippen molar-refractivity contribution in [1.29, 1.82) is 0 Å². The fraction of sp³-hybridized carbons (Fsp3) is 0.333. The van der Waals surface area contributed by atoms with Gasteiger partial charge in [0.25, 0.3) is 0 Å². The molecule has 2 rings (SSSR count). The molecular weight excluding hydrogens is 270 g/mol. The molecule has 2 N–H and O–H groups in total. The van der Waals surface area contributed by atoms with E-state index in [4.69, 9.17) is 9.15 Å². The molecule has 2 aromatic rings. The van der Waals surface area contributed by atoms with E-state index < -0.39 is 0 Å². The van der Waals surface area contributed by atoms with Crippen molar-refractivity contribution in [1.82, 2.24) is 15.6 Å². The molecule has 0 aliphatic heterocycles. The number of carbonyl (C=O) groups is 1. The van der Waals surface area contributed by atoms with E-state index in [0.717, 1.165) is 5.56 Å². The first kappa shape index (κ1) is 14.9. The van der Waals surface area contributed by atoms with Crippen LogP contribution in [0.3, 0.4) is 0 Å². The van der Waals surface area contributed by atoms with Gasteiger partial charge in [0.1, 0.15) is 5.76 Å². The molecule has 0 spiro atoms. The van der Waals surface area contributed by atoms with Crippen LogP contribution in [0.15, 0.2) is 41.1 Å². The summed E-state index contributed by atoms with van der Waals surface area (Å²) in [5.74, 6) is 1.29. The summed E-state index contributed by atoms with van der Waals surface area (Å²) in [6.07, 6.45) is 3.35. The summed E-state index contributed by atoms with van der Waals surface area (Å²) in [5.41, 5.74) is 0.902. The van der Waals surface area contributed by atoms with Crippen LogP contribution in [0.5, 0.6) is 5.88 Å². The number of urea groups is 1. The van der Waals surface area contributed by atoms with Crippen LogP contribution in [0.2, 0.25) is 0 Å². The van der Waals surface area contributed by atoms with Gasteiger partial charge >= 0.3 is 6.03 Å². The third-order valence-corrected chi connectivity index (χ3v) is 2.61. The number of furan rings is 1. The molecule has 0 aromatic carbocycles. The number of pyridine rings is 1. The van der Waals surface area contributed by atoms with Crippen LogP contribution in [0, 0.1) is 0 Å². The van der Waals surface area contributed by atoms with E-state index in [0.29, 0.717) is 24.7 Å². The van der Waals surface area contributed by atoms with Crippen LogP contribution >= 0.6 is 0 Å². The summed E-state index contributed by atoms with van der Waals surface area (Å²) in [5, 5.41) is 5.45. The fourth-order valence-electron chi connectivity index (χ4n) is 1.65. The minimum atomic E-state index is -0.256. The normalized spacial score (nSPS) is 10.4. The topological polar surface area (TPSA) is 76.4 Å². The highest BCUT2D eigenvalue weighted by molar-refractivity contribution is 5.73. The lowest BCUT2D eigenvalue weighted by atomic mass is 10.3. The van der Waals surface area contributed by atoms with Crippen molar-refractivity contribution < 1.29 is 13.9 Å². The Morgan fingerprint density at radius 1 is 1.29 bits per heavy atom. The Kier molecular flexibility index (Phi) is 5.20. The first-order valence-electron chi connectivity index (χ1n) is 6.79. The fourth-order valence-corrected chi connectivity index (χ4v) is 1.65. The molecule has 2 heterocycles. The Labute approximate surface area is 123 Å². The van der Waals surface area contributed by atoms with Gasteiger partial charge in [0.15, 0.2) is 0 Å². The molecule has 6 heteroatoms. The van der Waals surface area contributed by atoms with E-state index in [1.807, 2.05) is 19.9 Å². The van der Waals surface area contributed by atoms with E-state index in [1.165, 1.54) is 0 Å². The van der Waals surface area contributed by atoms with Crippen LogP contribution in [-0.4, -0.2) is 17.1 Å². The summed E-state index contributed by atoms with van der Waals surface area (Å²) >= 11 is 0. The van der Waals surface area contributed by atoms with Gasteiger partial charge in [-0.2, -0.15) is 0 Å². The largest absolute Gasteiger partial charge is 0.475 e. The summed E-state index contributed by atoms with van der Waals surface area (Å²) in [7, 11) is 0. The van der Waals surface area contributed by atoms with Gasteiger partial charge in [0.05, 0.1) is 18.9 Å². The highest BCUT2D eigenvalue weighted by Crippen LogP contribution is 2.09. The van der Waals surface area contributed by atoms with E-state index in [1.54, 1.807) is 30.7 Å². The first-order valence-corrected chi connectivity index (χ1v) is 6.79. The van der Waals surface area contributed by atoms with Gasteiger partial charge < -0.3 is 19.8 Å². The standard InChI is InChI=1S/C15H19N3O3/c1-11(2)21-14-6-5-12(8-16-14)9-17-15(19)18-10-13-4-3-7-20-13/h3-8,11H,9-10H2,1-2H3,(H2,17,18,19). The number of hydrogen-bond donors (Lipinski definition) is 2. The number of hydrogen-bond acceptors (Lipinski definition) is 4. The molecular formula is C15H19N3O3. The van der Waals surface area contributed by atoms with E-state index in [2.05, 4.69) is 15.6 Å². The molecule has 6 nitrogen and oxygen atoms in total. The van der Waals surface area contributed by atoms with Gasteiger partial charge in [0.2, 0.25) is 5.88 Å². The molecule has 0 saturated carbocycles. The van der Waals surface area contributed by atoms with Gasteiger partial charge in [-0.3, -0.25) is 0 Å². The Hall–Kier alpha value is -2.50. The molecule has 0 atom stereocenters. The Morgan fingerprint density at radius 3 is 2.71 bits per heavy atom. The van der Waals surface area contributed by atoms with Crippen molar-refractivity contribution >= 4 is 6.03 Å². The quantitative estimate of drug-likeness (QED) is 0.856. The zero-order valence-corrected chi connectivity index (χ0v) is 12.1. The highest BCUT2D eigenvalue weighted by atomic mass is 16.5. The van der Waals surface area contributed by atoms with E-state index in [-0.39, 0.29) is 12.1 Å². The third-order valence-electron chi connectivity index (χ3n) is 2.61. The second-order valence-corrected chi connectivity index (χ2v) is 4.79. The number of amides is 2. The monoisotopic (exact) mass is 289 g/mol. The molecule has 0 radical (unpaired) electrons. The molecule has 0 bridgehead atoms. The molecule has 21 heavy (non-hydrogen) atoms. The Morgan fingerprint density at radius 2 is 2.10 bits per heavy atom. The molecule has 2 amide bonds. The zero-order chi connectivity index (χ0) is 15.1. The number of carbonyl (C=O) groups excluding carboxylic acids is 1. The molecule has 0 aliphatic carbocycles. The van der Waals surface area contributed by atoms with E-state index in [9.17, 15) is 4.79 Å². The summed E-state index contributed by atoms with van der Waals surface area (Å²) < 4.78 is 10.6. The lowest BCUT2D eigenvalue weighted by Gasteiger charge is -2.09. The van der Waals surface area contributed by atoms with Crippen LogP contribution in [0.1, 0.15) is 25.2 Å². The van der Waals surface area contributed by atoms with Crippen LogP contribution in [-0.2, 0) is 13.1 Å². The summed E-state index contributed by atoms with van der Waals surface area (Å²) in [6, 6.07) is 6.99. The van der Waals surface area contributed by atoms with Crippen LogP contribution in [0.25, 0.3) is 0 Å². The van der Waals surface area contributed by atoms with Crippen LogP contribution in [0.4, 0.5) is 4.79 Å². The van der Waals surface area contributed by atoms with Gasteiger partial charge in [-0.1, -0.05) is 6.07 Å². The van der Waals surface area contributed by atoms with Gasteiger partial charge in [-0.05, 0) is 31.5 Å². The summed E-state index contributed by atoms with van der Waals surface area (Å²) in [4.78, 5) is 15.8. The zero-order valence-electron chi connectivity index (χ0n) is 12.1. The third kappa shape index (κ3) is 5.18. The van der Waals surface area contributed by atoms with Crippen molar-refractivity contribution in [2.24, 2.45) is 0 Å². The predicted molar refractivity (Wildman–Crippen MR) is 77.8 cm³/mol. The van der Waals surface area contributed by atoms with Crippen molar-refractivity contribution in [3.63, 3.8) is 0 Å².